The predicted octanol–water partition coefficient (Wildman–Crippen LogP) is 3.67. The van der Waals surface area contributed by atoms with Gasteiger partial charge in [0.2, 0.25) is 5.91 Å². The first-order valence-electron chi connectivity index (χ1n) is 10.7. The zero-order valence-electron chi connectivity index (χ0n) is 18.8. The van der Waals surface area contributed by atoms with Gasteiger partial charge in [0.1, 0.15) is 5.75 Å². The third-order valence-electron chi connectivity index (χ3n) is 5.84. The fraction of sp³-hybridized carbons (Fsp3) is 0.333. The minimum Gasteiger partial charge on any atom is -0.497 e. The SMILES string of the molecule is COc1cccc(-n2c(-c3ccccc3)cnc2S[C@@H](C)C(=O)N(C)[C@H]2CCS(=O)(=O)C2)c1. The van der Waals surface area contributed by atoms with E-state index in [2.05, 4.69) is 4.98 Å². The number of carbonyl (C=O) groups is 1. The summed E-state index contributed by atoms with van der Waals surface area (Å²) in [7, 11) is 0.251. The standard InChI is InChI=1S/C24H27N3O4S2/c1-17(23(28)26(2)20-12-13-33(29,30)16-20)32-24-25-15-22(18-8-5-4-6-9-18)27(24)19-10-7-11-21(14-19)31-3/h4-11,14-15,17,20H,12-13,16H2,1-3H3/t17-,20-/m0/s1. The summed E-state index contributed by atoms with van der Waals surface area (Å²) in [5.74, 6) is 0.784. The smallest absolute Gasteiger partial charge is 0.235 e. The summed E-state index contributed by atoms with van der Waals surface area (Å²) in [5.41, 5.74) is 2.79. The maximum Gasteiger partial charge on any atom is 0.235 e. The third-order valence-corrected chi connectivity index (χ3v) is 8.65. The van der Waals surface area contributed by atoms with Crippen molar-refractivity contribution in [3.63, 3.8) is 0 Å². The Labute approximate surface area is 198 Å². The van der Waals surface area contributed by atoms with Gasteiger partial charge in [-0.15, -0.1) is 0 Å². The second kappa shape index (κ2) is 9.61. The number of aromatic nitrogens is 2. The van der Waals surface area contributed by atoms with Crippen molar-refractivity contribution in [2.75, 3.05) is 25.7 Å². The first-order chi connectivity index (χ1) is 15.8. The lowest BCUT2D eigenvalue weighted by Gasteiger charge is -2.26. The van der Waals surface area contributed by atoms with Gasteiger partial charge in [-0.1, -0.05) is 48.2 Å². The Morgan fingerprint density at radius 1 is 1.21 bits per heavy atom. The number of nitrogens with zero attached hydrogens (tertiary/aromatic N) is 3. The molecule has 4 rings (SSSR count). The van der Waals surface area contributed by atoms with E-state index >= 15 is 0 Å². The molecule has 1 saturated heterocycles. The number of benzene rings is 2. The van der Waals surface area contributed by atoms with Gasteiger partial charge < -0.3 is 9.64 Å². The van der Waals surface area contributed by atoms with E-state index in [4.69, 9.17) is 4.74 Å². The molecule has 1 aliphatic rings. The normalized spacial score (nSPS) is 18.1. The lowest BCUT2D eigenvalue weighted by Crippen LogP contribution is -2.41. The van der Waals surface area contributed by atoms with Crippen molar-refractivity contribution in [3.05, 3.63) is 60.8 Å². The summed E-state index contributed by atoms with van der Waals surface area (Å²) < 4.78 is 31.1. The van der Waals surface area contributed by atoms with E-state index in [9.17, 15) is 13.2 Å². The lowest BCUT2D eigenvalue weighted by molar-refractivity contribution is -0.130. The summed E-state index contributed by atoms with van der Waals surface area (Å²) in [4.78, 5) is 19.4. The zero-order chi connectivity index (χ0) is 23.6. The molecule has 174 valence electrons. The molecular weight excluding hydrogens is 458 g/mol. The summed E-state index contributed by atoms with van der Waals surface area (Å²) in [6.45, 7) is 1.83. The summed E-state index contributed by atoms with van der Waals surface area (Å²) in [6.07, 6.45) is 2.29. The van der Waals surface area contributed by atoms with Crippen LogP contribution in [-0.4, -0.2) is 65.7 Å². The summed E-state index contributed by atoms with van der Waals surface area (Å²) in [6, 6.07) is 17.4. The molecule has 2 heterocycles. The van der Waals surface area contributed by atoms with Gasteiger partial charge in [0, 0.05) is 24.7 Å². The van der Waals surface area contributed by atoms with Crippen molar-refractivity contribution in [1.82, 2.24) is 14.5 Å². The molecule has 1 amide bonds. The topological polar surface area (TPSA) is 81.5 Å². The third kappa shape index (κ3) is 5.09. The van der Waals surface area contributed by atoms with Crippen LogP contribution in [-0.2, 0) is 14.6 Å². The van der Waals surface area contributed by atoms with Crippen LogP contribution < -0.4 is 4.74 Å². The van der Waals surface area contributed by atoms with Crippen molar-refractivity contribution >= 4 is 27.5 Å². The number of ether oxygens (including phenoxy) is 1. The van der Waals surface area contributed by atoms with E-state index < -0.39 is 15.1 Å². The van der Waals surface area contributed by atoms with Gasteiger partial charge >= 0.3 is 0 Å². The quantitative estimate of drug-likeness (QED) is 0.475. The van der Waals surface area contributed by atoms with Crippen LogP contribution in [0.4, 0.5) is 0 Å². The van der Waals surface area contributed by atoms with E-state index in [1.54, 1.807) is 19.1 Å². The number of sulfone groups is 1. The molecule has 0 saturated carbocycles. The molecule has 3 aromatic rings. The molecule has 0 aliphatic carbocycles. The molecule has 33 heavy (non-hydrogen) atoms. The van der Waals surface area contributed by atoms with Crippen molar-refractivity contribution in [3.8, 4) is 22.7 Å². The lowest BCUT2D eigenvalue weighted by atomic mass is 10.1. The van der Waals surface area contributed by atoms with Crippen LogP contribution in [0.2, 0.25) is 0 Å². The van der Waals surface area contributed by atoms with E-state index in [0.717, 1.165) is 22.7 Å². The zero-order valence-corrected chi connectivity index (χ0v) is 20.5. The highest BCUT2D eigenvalue weighted by atomic mass is 32.2. The Balaban J connectivity index is 1.65. The number of carbonyl (C=O) groups excluding carboxylic acids is 1. The van der Waals surface area contributed by atoms with E-state index in [1.807, 2.05) is 72.3 Å². The average molecular weight is 486 g/mol. The molecule has 2 aromatic carbocycles. The number of amides is 1. The van der Waals surface area contributed by atoms with Crippen molar-refractivity contribution in [2.24, 2.45) is 0 Å². The first kappa shape index (κ1) is 23.4. The maximum atomic E-state index is 13.1. The molecule has 0 bridgehead atoms. The summed E-state index contributed by atoms with van der Waals surface area (Å²) in [5, 5.41) is 0.240. The van der Waals surface area contributed by atoms with Crippen LogP contribution in [0.5, 0.6) is 5.75 Å². The minimum atomic E-state index is -3.06. The van der Waals surface area contributed by atoms with E-state index in [-0.39, 0.29) is 23.5 Å². The number of hydrogen-bond donors (Lipinski definition) is 0. The molecule has 7 nitrogen and oxygen atoms in total. The Morgan fingerprint density at radius 3 is 2.64 bits per heavy atom. The van der Waals surface area contributed by atoms with Crippen LogP contribution in [0.15, 0.2) is 66.0 Å². The summed E-state index contributed by atoms with van der Waals surface area (Å²) >= 11 is 1.36. The second-order valence-corrected chi connectivity index (χ2v) is 11.6. The monoisotopic (exact) mass is 485 g/mol. The Bertz CT molecular complexity index is 1240. The number of rotatable bonds is 7. The Morgan fingerprint density at radius 2 is 1.97 bits per heavy atom. The minimum absolute atomic E-state index is 0.0310. The molecule has 0 N–H and O–H groups in total. The fourth-order valence-electron chi connectivity index (χ4n) is 3.99. The van der Waals surface area contributed by atoms with Crippen molar-refractivity contribution < 1.29 is 17.9 Å². The molecule has 9 heteroatoms. The molecule has 1 fully saturated rings. The molecule has 0 unspecified atom stereocenters. The number of methoxy groups -OCH3 is 1. The van der Waals surface area contributed by atoms with Gasteiger partial charge in [0.25, 0.3) is 0 Å². The highest BCUT2D eigenvalue weighted by Gasteiger charge is 2.34. The Hall–Kier alpha value is -2.78. The molecule has 0 spiro atoms. The Kier molecular flexibility index (Phi) is 6.81. The molecule has 2 atom stereocenters. The van der Waals surface area contributed by atoms with Crippen LogP contribution in [0.1, 0.15) is 13.3 Å². The van der Waals surface area contributed by atoms with Gasteiger partial charge in [-0.2, -0.15) is 0 Å². The molecule has 0 radical (unpaired) electrons. The van der Waals surface area contributed by atoms with Gasteiger partial charge in [0.15, 0.2) is 15.0 Å². The fourth-order valence-corrected chi connectivity index (χ4v) is 6.77. The number of imidazole rings is 1. The highest BCUT2D eigenvalue weighted by Crippen LogP contribution is 2.33. The first-order valence-corrected chi connectivity index (χ1v) is 13.4. The van der Waals surface area contributed by atoms with E-state index in [1.165, 1.54) is 11.8 Å². The number of hydrogen-bond acceptors (Lipinski definition) is 6. The van der Waals surface area contributed by atoms with Gasteiger partial charge in [-0.05, 0) is 25.5 Å². The van der Waals surface area contributed by atoms with Crippen LogP contribution >= 0.6 is 11.8 Å². The van der Waals surface area contributed by atoms with Gasteiger partial charge in [-0.3, -0.25) is 9.36 Å². The van der Waals surface area contributed by atoms with Gasteiger partial charge in [0.05, 0.1) is 41.4 Å². The van der Waals surface area contributed by atoms with Crippen LogP contribution in [0, 0.1) is 0 Å². The molecule has 1 aromatic heterocycles. The van der Waals surface area contributed by atoms with Crippen LogP contribution in [0.3, 0.4) is 0 Å². The van der Waals surface area contributed by atoms with Crippen molar-refractivity contribution in [2.45, 2.75) is 29.8 Å². The van der Waals surface area contributed by atoms with Crippen LogP contribution in [0.25, 0.3) is 16.9 Å². The van der Waals surface area contributed by atoms with Gasteiger partial charge in [-0.25, -0.2) is 13.4 Å². The largest absolute Gasteiger partial charge is 0.497 e. The predicted molar refractivity (Wildman–Crippen MR) is 131 cm³/mol. The highest BCUT2D eigenvalue weighted by molar-refractivity contribution is 8.00. The second-order valence-electron chi connectivity index (χ2n) is 8.10. The average Bonchev–Trinajstić information content (AvgIpc) is 3.41. The maximum absolute atomic E-state index is 13.1. The van der Waals surface area contributed by atoms with E-state index in [0.29, 0.717) is 11.6 Å². The number of thioether (sulfide) groups is 1. The molecular formula is C24H27N3O4S2. The molecule has 1 aliphatic heterocycles. The van der Waals surface area contributed by atoms with Crippen molar-refractivity contribution in [1.29, 1.82) is 0 Å².